The molecule has 0 aliphatic rings. The Labute approximate surface area is 117 Å². The van der Waals surface area contributed by atoms with Crippen molar-refractivity contribution >= 4 is 17.3 Å². The maximum Gasteiger partial charge on any atom is 0.310 e. The van der Waals surface area contributed by atoms with Crippen molar-refractivity contribution < 1.29 is 19.2 Å². The molecule has 0 radical (unpaired) electrons. The van der Waals surface area contributed by atoms with Crippen molar-refractivity contribution in [3.63, 3.8) is 0 Å². The Morgan fingerprint density at radius 1 is 1.45 bits per heavy atom. The van der Waals surface area contributed by atoms with E-state index >= 15 is 0 Å². The number of nitro groups is 1. The van der Waals surface area contributed by atoms with Gasteiger partial charge in [-0.15, -0.1) is 0 Å². The third-order valence-electron chi connectivity index (χ3n) is 2.94. The minimum atomic E-state index is -0.475. The molecule has 0 bridgehead atoms. The number of nitro benzene ring substituents is 1. The van der Waals surface area contributed by atoms with Gasteiger partial charge in [-0.25, -0.2) is 0 Å². The van der Waals surface area contributed by atoms with Crippen LogP contribution in [-0.4, -0.2) is 38.7 Å². The van der Waals surface area contributed by atoms with Gasteiger partial charge in [-0.2, -0.15) is 0 Å². The molecule has 7 heteroatoms. The first kappa shape index (κ1) is 15.7. The van der Waals surface area contributed by atoms with Crippen LogP contribution in [0.25, 0.3) is 0 Å². The van der Waals surface area contributed by atoms with Gasteiger partial charge < -0.3 is 14.4 Å². The van der Waals surface area contributed by atoms with Crippen LogP contribution in [0, 0.1) is 16.0 Å². The SMILES string of the molecule is COC(=O)C(C)CN(C)c1ccc(OC)cc1[N+](=O)[O-]. The lowest BCUT2D eigenvalue weighted by molar-refractivity contribution is -0.384. The molecule has 0 spiro atoms. The molecule has 0 aliphatic heterocycles. The Hall–Kier alpha value is -2.31. The summed E-state index contributed by atoms with van der Waals surface area (Å²) in [5.74, 6) is -0.324. The summed E-state index contributed by atoms with van der Waals surface area (Å²) in [5, 5.41) is 11.1. The molecule has 0 amide bonds. The van der Waals surface area contributed by atoms with Crippen LogP contribution >= 0.6 is 0 Å². The van der Waals surface area contributed by atoms with Crippen molar-refractivity contribution in [2.45, 2.75) is 6.92 Å². The number of hydrogen-bond donors (Lipinski definition) is 0. The Bertz CT molecular complexity index is 504. The molecular formula is C13H18N2O5. The van der Waals surface area contributed by atoms with Crippen LogP contribution in [0.2, 0.25) is 0 Å². The third-order valence-corrected chi connectivity index (χ3v) is 2.94. The van der Waals surface area contributed by atoms with Gasteiger partial charge in [-0.1, -0.05) is 6.92 Å². The van der Waals surface area contributed by atoms with Gasteiger partial charge in [0.05, 0.1) is 31.1 Å². The van der Waals surface area contributed by atoms with Gasteiger partial charge in [-0.3, -0.25) is 14.9 Å². The van der Waals surface area contributed by atoms with Crippen LogP contribution < -0.4 is 9.64 Å². The van der Waals surface area contributed by atoms with Crippen molar-refractivity contribution in [2.75, 3.05) is 32.7 Å². The molecule has 0 fully saturated rings. The first-order valence-corrected chi connectivity index (χ1v) is 6.02. The zero-order chi connectivity index (χ0) is 15.3. The van der Waals surface area contributed by atoms with E-state index in [1.54, 1.807) is 31.0 Å². The predicted molar refractivity (Wildman–Crippen MR) is 74.1 cm³/mol. The summed E-state index contributed by atoms with van der Waals surface area (Å²) in [6, 6.07) is 4.59. The van der Waals surface area contributed by atoms with E-state index in [-0.39, 0.29) is 17.6 Å². The fourth-order valence-electron chi connectivity index (χ4n) is 1.88. The van der Waals surface area contributed by atoms with E-state index in [0.29, 0.717) is 18.0 Å². The molecule has 20 heavy (non-hydrogen) atoms. The summed E-state index contributed by atoms with van der Waals surface area (Å²) in [4.78, 5) is 23.7. The second-order valence-corrected chi connectivity index (χ2v) is 4.42. The molecule has 1 rings (SSSR count). The summed E-state index contributed by atoms with van der Waals surface area (Å²) < 4.78 is 9.62. The molecule has 110 valence electrons. The number of ether oxygens (including phenoxy) is 2. The number of rotatable bonds is 6. The van der Waals surface area contributed by atoms with E-state index in [1.807, 2.05) is 0 Å². The number of carbonyl (C=O) groups is 1. The number of esters is 1. The Morgan fingerprint density at radius 2 is 2.10 bits per heavy atom. The highest BCUT2D eigenvalue weighted by atomic mass is 16.6. The molecule has 1 atom stereocenters. The second kappa shape index (κ2) is 6.74. The van der Waals surface area contributed by atoms with Crippen molar-refractivity contribution in [3.05, 3.63) is 28.3 Å². The average molecular weight is 282 g/mol. The molecule has 1 aromatic carbocycles. The summed E-state index contributed by atoms with van der Waals surface area (Å²) in [7, 11) is 4.45. The number of methoxy groups -OCH3 is 2. The van der Waals surface area contributed by atoms with E-state index in [4.69, 9.17) is 4.74 Å². The van der Waals surface area contributed by atoms with E-state index in [2.05, 4.69) is 4.74 Å². The summed E-state index contributed by atoms with van der Waals surface area (Å²) in [6.07, 6.45) is 0. The highest BCUT2D eigenvalue weighted by Gasteiger charge is 2.22. The highest BCUT2D eigenvalue weighted by Crippen LogP contribution is 2.31. The molecule has 0 aromatic heterocycles. The van der Waals surface area contributed by atoms with Gasteiger partial charge >= 0.3 is 5.97 Å². The van der Waals surface area contributed by atoms with Crippen LogP contribution in [0.5, 0.6) is 5.75 Å². The lowest BCUT2D eigenvalue weighted by Gasteiger charge is -2.22. The maximum absolute atomic E-state index is 11.4. The van der Waals surface area contributed by atoms with Crippen molar-refractivity contribution in [1.29, 1.82) is 0 Å². The lowest BCUT2D eigenvalue weighted by Crippen LogP contribution is -2.29. The maximum atomic E-state index is 11.4. The minimum absolute atomic E-state index is 0.0658. The van der Waals surface area contributed by atoms with Crippen LogP contribution in [0.1, 0.15) is 6.92 Å². The average Bonchev–Trinajstić information content (AvgIpc) is 2.45. The van der Waals surface area contributed by atoms with E-state index in [1.165, 1.54) is 20.3 Å². The summed E-state index contributed by atoms with van der Waals surface area (Å²) in [6.45, 7) is 2.03. The number of benzene rings is 1. The van der Waals surface area contributed by atoms with E-state index < -0.39 is 4.92 Å². The van der Waals surface area contributed by atoms with Gasteiger partial charge in [0.15, 0.2) is 0 Å². The zero-order valence-corrected chi connectivity index (χ0v) is 12.0. The fraction of sp³-hybridized carbons (Fsp3) is 0.462. The summed E-state index contributed by atoms with van der Waals surface area (Å²) >= 11 is 0. The third kappa shape index (κ3) is 3.59. The standard InChI is InChI=1S/C13H18N2O5/c1-9(13(16)20-4)8-14(2)11-6-5-10(19-3)7-12(11)15(17)18/h5-7,9H,8H2,1-4H3. The molecule has 0 heterocycles. The van der Waals surface area contributed by atoms with Crippen LogP contribution in [0.4, 0.5) is 11.4 Å². The van der Waals surface area contributed by atoms with Crippen molar-refractivity contribution in [1.82, 2.24) is 0 Å². The number of anilines is 1. The molecule has 1 unspecified atom stereocenters. The summed E-state index contributed by atoms with van der Waals surface area (Å²) in [5.41, 5.74) is 0.357. The molecule has 7 nitrogen and oxygen atoms in total. The lowest BCUT2D eigenvalue weighted by atomic mass is 10.1. The number of carbonyl (C=O) groups excluding carboxylic acids is 1. The number of hydrogen-bond acceptors (Lipinski definition) is 6. The van der Waals surface area contributed by atoms with Gasteiger partial charge in [0.2, 0.25) is 0 Å². The quantitative estimate of drug-likeness (QED) is 0.450. The van der Waals surface area contributed by atoms with Crippen LogP contribution in [0.3, 0.4) is 0 Å². The van der Waals surface area contributed by atoms with Crippen LogP contribution in [-0.2, 0) is 9.53 Å². The van der Waals surface area contributed by atoms with Crippen molar-refractivity contribution in [3.8, 4) is 5.75 Å². The monoisotopic (exact) mass is 282 g/mol. The molecule has 0 N–H and O–H groups in total. The highest BCUT2D eigenvalue weighted by molar-refractivity contribution is 5.73. The first-order valence-electron chi connectivity index (χ1n) is 6.02. The Morgan fingerprint density at radius 3 is 2.60 bits per heavy atom. The second-order valence-electron chi connectivity index (χ2n) is 4.42. The van der Waals surface area contributed by atoms with E-state index in [9.17, 15) is 14.9 Å². The number of nitrogens with zero attached hydrogens (tertiary/aromatic N) is 2. The van der Waals surface area contributed by atoms with Crippen LogP contribution in [0.15, 0.2) is 18.2 Å². The van der Waals surface area contributed by atoms with Gasteiger partial charge in [0.1, 0.15) is 11.4 Å². The van der Waals surface area contributed by atoms with Gasteiger partial charge in [-0.05, 0) is 12.1 Å². The zero-order valence-electron chi connectivity index (χ0n) is 12.0. The minimum Gasteiger partial charge on any atom is -0.496 e. The van der Waals surface area contributed by atoms with E-state index in [0.717, 1.165) is 0 Å². The van der Waals surface area contributed by atoms with Gasteiger partial charge in [0.25, 0.3) is 5.69 Å². The Kier molecular flexibility index (Phi) is 5.31. The molecule has 0 saturated carbocycles. The fourth-order valence-corrected chi connectivity index (χ4v) is 1.88. The molecule has 0 aliphatic carbocycles. The predicted octanol–water partition coefficient (Wildman–Crippen LogP) is 1.85. The molecule has 0 saturated heterocycles. The van der Waals surface area contributed by atoms with Crippen molar-refractivity contribution in [2.24, 2.45) is 5.92 Å². The largest absolute Gasteiger partial charge is 0.496 e. The topological polar surface area (TPSA) is 81.9 Å². The normalized spacial score (nSPS) is 11.6. The molecular weight excluding hydrogens is 264 g/mol. The van der Waals surface area contributed by atoms with Gasteiger partial charge in [0, 0.05) is 13.6 Å². The Balaban J connectivity index is 3.00. The smallest absolute Gasteiger partial charge is 0.310 e. The first-order chi connectivity index (χ1) is 9.40. The molecule has 1 aromatic rings.